The van der Waals surface area contributed by atoms with Gasteiger partial charge < -0.3 is 9.47 Å². The largest absolute Gasteiger partial charge is 0.493 e. The van der Waals surface area contributed by atoms with Gasteiger partial charge in [-0.3, -0.25) is 25.2 Å². The van der Waals surface area contributed by atoms with Crippen LogP contribution in [0.15, 0.2) is 47.3 Å². The molecule has 0 bridgehead atoms. The van der Waals surface area contributed by atoms with E-state index in [0.29, 0.717) is 16.5 Å². The van der Waals surface area contributed by atoms with Crippen LogP contribution in [0.5, 0.6) is 11.5 Å². The zero-order chi connectivity index (χ0) is 19.4. The molecule has 27 heavy (non-hydrogen) atoms. The van der Waals surface area contributed by atoms with Crippen LogP contribution in [0.2, 0.25) is 0 Å². The van der Waals surface area contributed by atoms with Gasteiger partial charge in [-0.15, -0.1) is 0 Å². The normalized spacial score (nSPS) is 10.3. The van der Waals surface area contributed by atoms with Crippen LogP contribution in [0.1, 0.15) is 20.8 Å². The number of carbonyl (C=O) groups is 2. The number of H-pyrrole nitrogens is 1. The maximum absolute atomic E-state index is 12.4. The van der Waals surface area contributed by atoms with Crippen molar-refractivity contribution in [3.8, 4) is 11.5 Å². The minimum atomic E-state index is -0.683. The molecule has 0 saturated heterocycles. The average Bonchev–Trinajstić information content (AvgIpc) is 2.71. The van der Waals surface area contributed by atoms with Crippen LogP contribution in [-0.2, 0) is 0 Å². The average molecular weight is 368 g/mol. The summed E-state index contributed by atoms with van der Waals surface area (Å²) in [5.41, 5.74) is 4.32. The number of amides is 2. The summed E-state index contributed by atoms with van der Waals surface area (Å²) in [6, 6.07) is 11.3. The number of nitrogens with one attached hydrogen (secondary N) is 3. The Morgan fingerprint density at radius 3 is 2.33 bits per heavy atom. The lowest BCUT2D eigenvalue weighted by Gasteiger charge is -2.13. The molecule has 3 rings (SSSR count). The zero-order valence-electron chi connectivity index (χ0n) is 14.5. The predicted octanol–water partition coefficient (Wildman–Crippen LogP) is 1.02. The van der Waals surface area contributed by atoms with Crippen molar-refractivity contribution >= 4 is 22.6 Å². The lowest BCUT2D eigenvalue weighted by Crippen LogP contribution is -2.42. The first kappa shape index (κ1) is 17.9. The number of ether oxygens (including phenoxy) is 2. The fourth-order valence-electron chi connectivity index (χ4n) is 2.59. The number of hydrogen-bond donors (Lipinski definition) is 3. The molecule has 0 aliphatic heterocycles. The summed E-state index contributed by atoms with van der Waals surface area (Å²) >= 11 is 0. The number of methoxy groups -OCH3 is 2. The van der Waals surface area contributed by atoms with Gasteiger partial charge in [0.1, 0.15) is 0 Å². The molecule has 3 N–H and O–H groups in total. The number of rotatable bonds is 4. The Balaban J connectivity index is 1.82. The number of benzene rings is 2. The van der Waals surface area contributed by atoms with Crippen molar-refractivity contribution in [3.63, 3.8) is 0 Å². The Bertz CT molecular complexity index is 1080. The first-order valence-electron chi connectivity index (χ1n) is 7.86. The molecule has 1 heterocycles. The highest BCUT2D eigenvalue weighted by atomic mass is 16.5. The number of aromatic amines is 1. The van der Waals surface area contributed by atoms with Crippen LogP contribution in [0.4, 0.5) is 0 Å². The van der Waals surface area contributed by atoms with Gasteiger partial charge in [-0.25, -0.2) is 5.10 Å². The van der Waals surface area contributed by atoms with Crippen molar-refractivity contribution < 1.29 is 19.1 Å². The third kappa shape index (κ3) is 3.43. The van der Waals surface area contributed by atoms with Crippen molar-refractivity contribution in [2.75, 3.05) is 14.2 Å². The van der Waals surface area contributed by atoms with E-state index < -0.39 is 17.4 Å². The molecule has 3 aromatic rings. The first-order valence-corrected chi connectivity index (χ1v) is 7.86. The van der Waals surface area contributed by atoms with E-state index in [9.17, 15) is 14.4 Å². The molecule has 0 aliphatic rings. The van der Waals surface area contributed by atoms with Crippen molar-refractivity contribution in [2.45, 2.75) is 0 Å². The lowest BCUT2D eigenvalue weighted by atomic mass is 10.1. The van der Waals surface area contributed by atoms with Gasteiger partial charge in [0.05, 0.1) is 25.2 Å². The predicted molar refractivity (Wildman–Crippen MR) is 96.8 cm³/mol. The van der Waals surface area contributed by atoms with Gasteiger partial charge in [-0.2, -0.15) is 5.10 Å². The summed E-state index contributed by atoms with van der Waals surface area (Å²) in [4.78, 5) is 36.6. The molecule has 9 nitrogen and oxygen atoms in total. The Labute approximate surface area is 153 Å². The van der Waals surface area contributed by atoms with E-state index in [-0.39, 0.29) is 17.0 Å². The Morgan fingerprint density at radius 1 is 0.926 bits per heavy atom. The summed E-state index contributed by atoms with van der Waals surface area (Å²) in [5, 5.41) is 6.72. The second-order valence-electron chi connectivity index (χ2n) is 5.40. The van der Waals surface area contributed by atoms with Crippen LogP contribution in [0.25, 0.3) is 10.8 Å². The van der Waals surface area contributed by atoms with Gasteiger partial charge in [0.25, 0.3) is 17.4 Å². The molecular formula is C18H16N4O5. The van der Waals surface area contributed by atoms with E-state index in [1.165, 1.54) is 20.3 Å². The fourth-order valence-corrected chi connectivity index (χ4v) is 2.59. The molecule has 2 aromatic carbocycles. The molecular weight excluding hydrogens is 352 g/mol. The second-order valence-corrected chi connectivity index (χ2v) is 5.40. The molecule has 0 radical (unpaired) electrons. The maximum Gasteiger partial charge on any atom is 0.290 e. The number of hydrogen-bond acceptors (Lipinski definition) is 6. The van der Waals surface area contributed by atoms with Crippen LogP contribution < -0.4 is 25.9 Å². The third-order valence-electron chi connectivity index (χ3n) is 3.85. The van der Waals surface area contributed by atoms with Gasteiger partial charge >= 0.3 is 0 Å². The van der Waals surface area contributed by atoms with E-state index in [2.05, 4.69) is 21.0 Å². The molecule has 0 fully saturated rings. The van der Waals surface area contributed by atoms with Gasteiger partial charge in [0.2, 0.25) is 0 Å². The molecule has 9 heteroatoms. The van der Waals surface area contributed by atoms with Crippen LogP contribution in [0.3, 0.4) is 0 Å². The smallest absolute Gasteiger partial charge is 0.290 e. The molecule has 0 unspecified atom stereocenters. The monoisotopic (exact) mass is 368 g/mol. The van der Waals surface area contributed by atoms with Crippen LogP contribution in [-0.4, -0.2) is 36.2 Å². The standard InChI is InChI=1S/C18H16N4O5/c1-26-13-9-5-8-12(15(13)27-2)17(24)21-22-18(25)14-10-6-3-4-7-11(10)16(23)20-19-14/h3-9H,1-2H3,(H,20,23)(H,21,24)(H,22,25). The molecule has 2 amide bonds. The summed E-state index contributed by atoms with van der Waals surface area (Å²) in [7, 11) is 2.86. The van der Waals surface area contributed by atoms with E-state index in [4.69, 9.17) is 9.47 Å². The van der Waals surface area contributed by atoms with Crippen LogP contribution >= 0.6 is 0 Å². The van der Waals surface area contributed by atoms with E-state index >= 15 is 0 Å². The van der Waals surface area contributed by atoms with E-state index in [1.807, 2.05) is 0 Å². The van der Waals surface area contributed by atoms with Gasteiger partial charge in [0, 0.05) is 5.39 Å². The van der Waals surface area contributed by atoms with Crippen LogP contribution in [0, 0.1) is 0 Å². The van der Waals surface area contributed by atoms with Crippen molar-refractivity contribution in [3.05, 3.63) is 64.1 Å². The molecule has 0 atom stereocenters. The first-order chi connectivity index (χ1) is 13.1. The van der Waals surface area contributed by atoms with Crippen molar-refractivity contribution in [1.82, 2.24) is 21.0 Å². The van der Waals surface area contributed by atoms with Crippen molar-refractivity contribution in [1.29, 1.82) is 0 Å². The highest BCUT2D eigenvalue weighted by molar-refractivity contribution is 6.06. The number of para-hydroxylation sites is 1. The second kappa shape index (κ2) is 7.56. The highest BCUT2D eigenvalue weighted by Gasteiger charge is 2.18. The maximum atomic E-state index is 12.4. The summed E-state index contributed by atoms with van der Waals surface area (Å²) < 4.78 is 10.3. The number of hydrazine groups is 1. The summed E-state index contributed by atoms with van der Waals surface area (Å²) in [5.74, 6) is -0.672. The Kier molecular flexibility index (Phi) is 5.02. The zero-order valence-corrected chi connectivity index (χ0v) is 14.5. The Morgan fingerprint density at radius 2 is 1.63 bits per heavy atom. The number of nitrogens with zero attached hydrogens (tertiary/aromatic N) is 1. The molecule has 138 valence electrons. The third-order valence-corrected chi connectivity index (χ3v) is 3.85. The fraction of sp³-hybridized carbons (Fsp3) is 0.111. The highest BCUT2D eigenvalue weighted by Crippen LogP contribution is 2.30. The molecule has 0 saturated carbocycles. The van der Waals surface area contributed by atoms with Gasteiger partial charge in [-0.1, -0.05) is 24.3 Å². The number of aromatic nitrogens is 2. The van der Waals surface area contributed by atoms with Gasteiger partial charge in [0.15, 0.2) is 17.2 Å². The minimum absolute atomic E-state index is 0.0249. The number of carbonyl (C=O) groups excluding carboxylic acids is 2. The quantitative estimate of drug-likeness (QED) is 0.591. The SMILES string of the molecule is COc1cccc(C(=O)NNC(=O)c2n[nH]c(=O)c3ccccc23)c1OC. The topological polar surface area (TPSA) is 122 Å². The van der Waals surface area contributed by atoms with E-state index in [0.717, 1.165) is 0 Å². The summed E-state index contributed by atoms with van der Waals surface area (Å²) in [6.45, 7) is 0. The van der Waals surface area contributed by atoms with Gasteiger partial charge in [-0.05, 0) is 18.2 Å². The molecule has 1 aromatic heterocycles. The number of fused-ring (bicyclic) bond motifs is 1. The Hall–Kier alpha value is -3.88. The van der Waals surface area contributed by atoms with E-state index in [1.54, 1.807) is 36.4 Å². The lowest BCUT2D eigenvalue weighted by molar-refractivity contribution is 0.0842. The molecule has 0 aliphatic carbocycles. The van der Waals surface area contributed by atoms with Crippen molar-refractivity contribution in [2.24, 2.45) is 0 Å². The molecule has 0 spiro atoms. The summed E-state index contributed by atoms with van der Waals surface area (Å²) in [6.07, 6.45) is 0. The minimum Gasteiger partial charge on any atom is -0.493 e.